The lowest BCUT2D eigenvalue weighted by Gasteiger charge is -1.98. The van der Waals surface area contributed by atoms with E-state index in [-0.39, 0.29) is 0 Å². The van der Waals surface area contributed by atoms with Crippen molar-refractivity contribution >= 4 is 0 Å². The molecule has 0 N–H and O–H groups in total. The zero-order valence-electron chi connectivity index (χ0n) is 12.6. The van der Waals surface area contributed by atoms with E-state index in [1.807, 2.05) is 6.07 Å². The zero-order chi connectivity index (χ0) is 13.6. The summed E-state index contributed by atoms with van der Waals surface area (Å²) in [7, 11) is 0. The van der Waals surface area contributed by atoms with Crippen molar-refractivity contribution in [2.24, 2.45) is 0 Å². The van der Waals surface area contributed by atoms with Crippen molar-refractivity contribution in [2.45, 2.75) is 77.6 Å². The van der Waals surface area contributed by atoms with Gasteiger partial charge < -0.3 is 4.42 Å². The lowest BCUT2D eigenvalue weighted by Crippen LogP contribution is -1.81. The molecule has 0 atom stereocenters. The first-order chi connectivity index (χ1) is 9.43. The van der Waals surface area contributed by atoms with E-state index in [9.17, 15) is 0 Å². The third-order valence-corrected chi connectivity index (χ3v) is 3.52. The van der Waals surface area contributed by atoms with Crippen molar-refractivity contribution in [3.8, 4) is 0 Å². The van der Waals surface area contributed by atoms with Gasteiger partial charge in [0.15, 0.2) is 0 Å². The van der Waals surface area contributed by atoms with Crippen molar-refractivity contribution in [1.82, 2.24) is 0 Å². The summed E-state index contributed by atoms with van der Waals surface area (Å²) >= 11 is 0. The Morgan fingerprint density at radius 3 is 2.26 bits per heavy atom. The van der Waals surface area contributed by atoms with Gasteiger partial charge in [-0.25, -0.2) is 0 Å². The summed E-state index contributed by atoms with van der Waals surface area (Å²) in [5, 5.41) is 0. The predicted molar refractivity (Wildman–Crippen MR) is 83.4 cm³/mol. The van der Waals surface area contributed by atoms with Crippen molar-refractivity contribution in [1.29, 1.82) is 0 Å². The SMILES string of the molecule is CCCCCCCCC=CCCCCc1ccco1. The van der Waals surface area contributed by atoms with Gasteiger partial charge in [0.25, 0.3) is 0 Å². The van der Waals surface area contributed by atoms with Crippen molar-refractivity contribution < 1.29 is 4.42 Å². The Kier molecular flexibility index (Phi) is 10.2. The molecule has 0 unspecified atom stereocenters. The fourth-order valence-corrected chi connectivity index (χ4v) is 2.29. The molecule has 0 spiro atoms. The van der Waals surface area contributed by atoms with Gasteiger partial charge in [-0.1, -0.05) is 51.2 Å². The Labute approximate surface area is 119 Å². The molecule has 0 aliphatic heterocycles. The molecule has 1 aromatic heterocycles. The maximum atomic E-state index is 5.32. The highest BCUT2D eigenvalue weighted by molar-refractivity contribution is 4.97. The second kappa shape index (κ2) is 12.1. The summed E-state index contributed by atoms with van der Waals surface area (Å²) in [5.74, 6) is 1.12. The van der Waals surface area contributed by atoms with Gasteiger partial charge in [-0.15, -0.1) is 0 Å². The standard InChI is InChI=1S/C18H30O/c1-2-3-4-5-6-7-8-9-10-11-12-13-15-18-16-14-17-19-18/h9-10,14,16-17H,2-8,11-13,15H2,1H3. The van der Waals surface area contributed by atoms with E-state index in [0.29, 0.717) is 0 Å². The van der Waals surface area contributed by atoms with E-state index in [4.69, 9.17) is 4.42 Å². The maximum Gasteiger partial charge on any atom is 0.103 e. The largest absolute Gasteiger partial charge is 0.469 e. The number of furan rings is 1. The van der Waals surface area contributed by atoms with Crippen LogP contribution >= 0.6 is 0 Å². The molecule has 0 saturated carbocycles. The van der Waals surface area contributed by atoms with Crippen LogP contribution < -0.4 is 0 Å². The van der Waals surface area contributed by atoms with E-state index in [0.717, 1.165) is 12.2 Å². The summed E-state index contributed by atoms with van der Waals surface area (Å²) in [6.45, 7) is 2.27. The monoisotopic (exact) mass is 262 g/mol. The van der Waals surface area contributed by atoms with Gasteiger partial charge in [0.05, 0.1) is 6.26 Å². The molecule has 1 heterocycles. The van der Waals surface area contributed by atoms with Crippen LogP contribution in [0.2, 0.25) is 0 Å². The van der Waals surface area contributed by atoms with Crippen LogP contribution in [0, 0.1) is 0 Å². The van der Waals surface area contributed by atoms with Crippen LogP contribution in [0.5, 0.6) is 0 Å². The average molecular weight is 262 g/mol. The number of hydrogen-bond acceptors (Lipinski definition) is 1. The second-order valence-corrected chi connectivity index (χ2v) is 5.35. The Hall–Kier alpha value is -0.980. The highest BCUT2D eigenvalue weighted by atomic mass is 16.3. The minimum atomic E-state index is 1.08. The molecule has 0 aliphatic rings. The highest BCUT2D eigenvalue weighted by Gasteiger charge is 1.94. The first kappa shape index (κ1) is 16.1. The molecule has 0 aliphatic carbocycles. The Bertz CT molecular complexity index is 298. The lowest BCUT2D eigenvalue weighted by atomic mass is 10.1. The lowest BCUT2D eigenvalue weighted by molar-refractivity contribution is 0.498. The maximum absolute atomic E-state index is 5.32. The number of unbranched alkanes of at least 4 members (excludes halogenated alkanes) is 8. The fraction of sp³-hybridized carbons (Fsp3) is 0.667. The summed E-state index contributed by atoms with van der Waals surface area (Å²) in [4.78, 5) is 0. The molecular weight excluding hydrogens is 232 g/mol. The molecule has 1 aromatic rings. The minimum Gasteiger partial charge on any atom is -0.469 e. The van der Waals surface area contributed by atoms with Crippen molar-refractivity contribution in [3.05, 3.63) is 36.3 Å². The summed E-state index contributed by atoms with van der Waals surface area (Å²) in [6, 6.07) is 4.03. The van der Waals surface area contributed by atoms with E-state index < -0.39 is 0 Å². The van der Waals surface area contributed by atoms with Crippen LogP contribution in [-0.2, 0) is 6.42 Å². The molecule has 1 nitrogen and oxygen atoms in total. The van der Waals surface area contributed by atoms with Crippen LogP contribution in [0.1, 0.15) is 76.9 Å². The molecule has 1 heteroatoms. The Morgan fingerprint density at radius 1 is 0.895 bits per heavy atom. The predicted octanol–water partition coefficient (Wildman–Crippen LogP) is 6.30. The van der Waals surface area contributed by atoms with Gasteiger partial charge in [0.1, 0.15) is 5.76 Å². The molecule has 0 radical (unpaired) electrons. The van der Waals surface area contributed by atoms with Gasteiger partial charge in [-0.05, 0) is 44.2 Å². The van der Waals surface area contributed by atoms with Crippen molar-refractivity contribution in [3.63, 3.8) is 0 Å². The van der Waals surface area contributed by atoms with Crippen LogP contribution in [0.25, 0.3) is 0 Å². The smallest absolute Gasteiger partial charge is 0.103 e. The summed E-state index contributed by atoms with van der Waals surface area (Å²) < 4.78 is 5.32. The number of aryl methyl sites for hydroxylation is 1. The molecule has 0 bridgehead atoms. The molecule has 1 rings (SSSR count). The van der Waals surface area contributed by atoms with Crippen molar-refractivity contribution in [2.75, 3.05) is 0 Å². The average Bonchev–Trinajstić information content (AvgIpc) is 2.93. The van der Waals surface area contributed by atoms with E-state index in [1.165, 1.54) is 64.2 Å². The van der Waals surface area contributed by atoms with E-state index in [1.54, 1.807) is 6.26 Å². The molecule has 0 aromatic carbocycles. The molecule has 0 fully saturated rings. The van der Waals surface area contributed by atoms with Crippen LogP contribution in [-0.4, -0.2) is 0 Å². The summed E-state index contributed by atoms with van der Waals surface area (Å²) in [6.07, 6.45) is 20.9. The van der Waals surface area contributed by atoms with Gasteiger partial charge in [0.2, 0.25) is 0 Å². The fourth-order valence-electron chi connectivity index (χ4n) is 2.29. The Morgan fingerprint density at radius 2 is 1.58 bits per heavy atom. The molecule has 0 saturated heterocycles. The topological polar surface area (TPSA) is 13.1 Å². The highest BCUT2D eigenvalue weighted by Crippen LogP contribution is 2.09. The number of rotatable bonds is 12. The van der Waals surface area contributed by atoms with Crippen LogP contribution in [0.15, 0.2) is 35.0 Å². The normalized spacial score (nSPS) is 11.4. The first-order valence-corrected chi connectivity index (χ1v) is 8.11. The minimum absolute atomic E-state index is 1.08. The third-order valence-electron chi connectivity index (χ3n) is 3.52. The molecule has 0 amide bonds. The Balaban J connectivity index is 1.80. The van der Waals surface area contributed by atoms with E-state index in [2.05, 4.69) is 25.1 Å². The number of allylic oxidation sites excluding steroid dienone is 2. The zero-order valence-corrected chi connectivity index (χ0v) is 12.6. The quantitative estimate of drug-likeness (QED) is 0.318. The van der Waals surface area contributed by atoms with E-state index >= 15 is 0 Å². The van der Waals surface area contributed by atoms with Gasteiger partial charge >= 0.3 is 0 Å². The summed E-state index contributed by atoms with van der Waals surface area (Å²) in [5.41, 5.74) is 0. The van der Waals surface area contributed by atoms with Crippen LogP contribution in [0.4, 0.5) is 0 Å². The third kappa shape index (κ3) is 9.58. The van der Waals surface area contributed by atoms with Crippen LogP contribution in [0.3, 0.4) is 0 Å². The second-order valence-electron chi connectivity index (χ2n) is 5.35. The van der Waals surface area contributed by atoms with Gasteiger partial charge in [0, 0.05) is 6.42 Å². The number of hydrogen-bond donors (Lipinski definition) is 0. The molecule has 19 heavy (non-hydrogen) atoms. The first-order valence-electron chi connectivity index (χ1n) is 8.11. The van der Waals surface area contributed by atoms with Gasteiger partial charge in [-0.3, -0.25) is 0 Å². The van der Waals surface area contributed by atoms with Gasteiger partial charge in [-0.2, -0.15) is 0 Å². The molecule has 108 valence electrons. The molecular formula is C18H30O.